The van der Waals surface area contributed by atoms with Crippen molar-refractivity contribution in [2.75, 3.05) is 5.73 Å². The van der Waals surface area contributed by atoms with Crippen LogP contribution in [0.1, 0.15) is 11.1 Å². The number of aromatic nitrogens is 1. The maximum atomic E-state index is 9.60. The van der Waals surface area contributed by atoms with Gasteiger partial charge in [-0.25, -0.2) is 4.98 Å². The first kappa shape index (κ1) is 17.8. The van der Waals surface area contributed by atoms with Crippen molar-refractivity contribution in [3.05, 3.63) is 68.1 Å². The molecule has 3 aromatic rings. The Balaban J connectivity index is 2.38. The second-order valence-electron chi connectivity index (χ2n) is 5.44. The van der Waals surface area contributed by atoms with Crippen LogP contribution in [0.4, 0.5) is 5.82 Å². The first-order valence-corrected chi connectivity index (χ1v) is 8.89. The first-order valence-electron chi connectivity index (χ1n) is 7.34. The largest absolute Gasteiger partial charge is 0.383 e. The topological polar surface area (TPSA) is 62.7 Å². The minimum Gasteiger partial charge on any atom is -0.383 e. The maximum Gasteiger partial charge on any atom is 0.142 e. The Kier molecular flexibility index (Phi) is 5.01. The standard InChI is InChI=1S/C19H12BrCl2N3/c1-10-17(12-4-2-3-5-15(12)20)14(9-23)19(24)25-18(10)13-7-6-11(21)8-16(13)22/h2-8H,1H3,(H2,24,25). The molecular formula is C19H12BrCl2N3. The second kappa shape index (κ2) is 7.05. The van der Waals surface area contributed by atoms with Gasteiger partial charge >= 0.3 is 0 Å². The molecule has 1 heterocycles. The summed E-state index contributed by atoms with van der Waals surface area (Å²) in [7, 11) is 0. The summed E-state index contributed by atoms with van der Waals surface area (Å²) < 4.78 is 0.869. The Morgan fingerprint density at radius 3 is 2.48 bits per heavy atom. The molecule has 3 nitrogen and oxygen atoms in total. The van der Waals surface area contributed by atoms with Crippen LogP contribution in [0, 0.1) is 18.3 Å². The number of hydrogen-bond donors (Lipinski definition) is 1. The Morgan fingerprint density at radius 1 is 1.12 bits per heavy atom. The number of halogens is 3. The molecule has 0 amide bonds. The molecule has 0 radical (unpaired) electrons. The van der Waals surface area contributed by atoms with Gasteiger partial charge in [-0.05, 0) is 42.3 Å². The van der Waals surface area contributed by atoms with Crippen molar-refractivity contribution in [3.8, 4) is 28.5 Å². The predicted octanol–water partition coefficient (Wildman–Crippen LogP) is 6.25. The van der Waals surface area contributed by atoms with E-state index in [-0.39, 0.29) is 5.82 Å². The van der Waals surface area contributed by atoms with E-state index in [2.05, 4.69) is 27.0 Å². The van der Waals surface area contributed by atoms with Gasteiger partial charge in [0.2, 0.25) is 0 Å². The van der Waals surface area contributed by atoms with Crippen LogP contribution in [-0.4, -0.2) is 4.98 Å². The normalized spacial score (nSPS) is 10.5. The van der Waals surface area contributed by atoms with Gasteiger partial charge in [0.05, 0.1) is 10.7 Å². The fourth-order valence-corrected chi connectivity index (χ4v) is 3.73. The molecule has 0 saturated carbocycles. The number of benzene rings is 2. The number of nitrogens with two attached hydrogens (primary N) is 1. The van der Waals surface area contributed by atoms with Crippen LogP contribution in [0.3, 0.4) is 0 Å². The maximum absolute atomic E-state index is 9.60. The number of nitrogens with zero attached hydrogens (tertiary/aromatic N) is 2. The van der Waals surface area contributed by atoms with Crippen molar-refractivity contribution in [3.63, 3.8) is 0 Å². The lowest BCUT2D eigenvalue weighted by molar-refractivity contribution is 1.26. The Morgan fingerprint density at radius 2 is 1.84 bits per heavy atom. The van der Waals surface area contributed by atoms with Gasteiger partial charge in [-0.15, -0.1) is 0 Å². The third-order valence-corrected chi connectivity index (χ3v) is 5.15. The number of rotatable bonds is 2. The Labute approximate surface area is 164 Å². The van der Waals surface area contributed by atoms with E-state index in [4.69, 9.17) is 28.9 Å². The summed E-state index contributed by atoms with van der Waals surface area (Å²) >= 11 is 15.9. The molecule has 0 aliphatic rings. The van der Waals surface area contributed by atoms with Gasteiger partial charge in [0.15, 0.2) is 0 Å². The molecule has 0 fully saturated rings. The molecule has 0 unspecified atom stereocenters. The zero-order chi connectivity index (χ0) is 18.1. The molecule has 1 aromatic heterocycles. The molecule has 0 spiro atoms. The van der Waals surface area contributed by atoms with E-state index in [1.54, 1.807) is 18.2 Å². The van der Waals surface area contributed by atoms with Gasteiger partial charge in [-0.1, -0.05) is 57.3 Å². The fraction of sp³-hybridized carbons (Fsp3) is 0.0526. The van der Waals surface area contributed by atoms with Crippen molar-refractivity contribution >= 4 is 44.9 Å². The predicted molar refractivity (Wildman–Crippen MR) is 107 cm³/mol. The summed E-state index contributed by atoms with van der Waals surface area (Å²) in [6.45, 7) is 1.91. The van der Waals surface area contributed by atoms with Gasteiger partial charge in [-0.3, -0.25) is 0 Å². The van der Waals surface area contributed by atoms with E-state index in [1.807, 2.05) is 31.2 Å². The molecule has 0 atom stereocenters. The highest BCUT2D eigenvalue weighted by Crippen LogP contribution is 2.40. The minimum absolute atomic E-state index is 0.167. The van der Waals surface area contributed by atoms with Crippen molar-refractivity contribution in [2.24, 2.45) is 0 Å². The van der Waals surface area contributed by atoms with Crippen molar-refractivity contribution in [1.29, 1.82) is 5.26 Å². The molecule has 6 heteroatoms. The van der Waals surface area contributed by atoms with Gasteiger partial charge in [0.25, 0.3) is 0 Å². The molecule has 2 N–H and O–H groups in total. The molecule has 124 valence electrons. The smallest absolute Gasteiger partial charge is 0.142 e. The highest BCUT2D eigenvalue weighted by molar-refractivity contribution is 9.10. The molecule has 25 heavy (non-hydrogen) atoms. The lowest BCUT2D eigenvalue weighted by atomic mass is 9.93. The third-order valence-electron chi connectivity index (χ3n) is 3.91. The third kappa shape index (κ3) is 3.23. The monoisotopic (exact) mass is 431 g/mol. The summed E-state index contributed by atoms with van der Waals surface area (Å²) in [5.41, 5.74) is 10.2. The van der Waals surface area contributed by atoms with Crippen LogP contribution in [0.15, 0.2) is 46.9 Å². The lowest BCUT2D eigenvalue weighted by Gasteiger charge is -2.16. The quantitative estimate of drug-likeness (QED) is 0.520. The number of nitrogen functional groups attached to an aromatic ring is 1. The van der Waals surface area contributed by atoms with Crippen molar-refractivity contribution in [1.82, 2.24) is 4.98 Å². The molecule has 2 aromatic carbocycles. The Hall–Kier alpha value is -2.06. The Bertz CT molecular complexity index is 1030. The molecule has 0 aliphatic heterocycles. The summed E-state index contributed by atoms with van der Waals surface area (Å²) in [5, 5.41) is 10.6. The van der Waals surface area contributed by atoms with Crippen LogP contribution in [0.5, 0.6) is 0 Å². The van der Waals surface area contributed by atoms with Gasteiger partial charge in [0, 0.05) is 20.6 Å². The van der Waals surface area contributed by atoms with Gasteiger partial charge < -0.3 is 5.73 Å². The van der Waals surface area contributed by atoms with Crippen LogP contribution < -0.4 is 5.73 Å². The summed E-state index contributed by atoms with van der Waals surface area (Å²) in [6, 6.07) is 15.0. The summed E-state index contributed by atoms with van der Waals surface area (Å²) in [4.78, 5) is 4.43. The van der Waals surface area contributed by atoms with Crippen LogP contribution in [0.25, 0.3) is 22.4 Å². The van der Waals surface area contributed by atoms with E-state index in [9.17, 15) is 5.26 Å². The SMILES string of the molecule is Cc1c(-c2ccc(Cl)cc2Cl)nc(N)c(C#N)c1-c1ccccc1Br. The van der Waals surface area contributed by atoms with E-state index in [0.29, 0.717) is 26.9 Å². The molecule has 3 rings (SSSR count). The molecule has 0 aliphatic carbocycles. The number of pyridine rings is 1. The molecule has 0 bridgehead atoms. The number of nitriles is 1. The average molecular weight is 433 g/mol. The number of hydrogen-bond acceptors (Lipinski definition) is 3. The summed E-state index contributed by atoms with van der Waals surface area (Å²) in [5.74, 6) is 0.167. The zero-order valence-corrected chi connectivity index (χ0v) is 16.2. The zero-order valence-electron chi connectivity index (χ0n) is 13.1. The fourth-order valence-electron chi connectivity index (χ4n) is 2.75. The average Bonchev–Trinajstić information content (AvgIpc) is 2.57. The summed E-state index contributed by atoms with van der Waals surface area (Å²) in [6.07, 6.45) is 0. The van der Waals surface area contributed by atoms with Crippen LogP contribution in [-0.2, 0) is 0 Å². The van der Waals surface area contributed by atoms with Crippen LogP contribution in [0.2, 0.25) is 10.0 Å². The van der Waals surface area contributed by atoms with E-state index >= 15 is 0 Å². The molecule has 0 saturated heterocycles. The van der Waals surface area contributed by atoms with Gasteiger partial charge in [-0.2, -0.15) is 5.26 Å². The lowest BCUT2D eigenvalue weighted by Crippen LogP contribution is -2.03. The van der Waals surface area contributed by atoms with E-state index in [1.165, 1.54) is 0 Å². The first-order chi connectivity index (χ1) is 11.9. The second-order valence-corrected chi connectivity index (χ2v) is 7.13. The van der Waals surface area contributed by atoms with Gasteiger partial charge in [0.1, 0.15) is 17.5 Å². The highest BCUT2D eigenvalue weighted by atomic mass is 79.9. The van der Waals surface area contributed by atoms with E-state index in [0.717, 1.165) is 21.2 Å². The van der Waals surface area contributed by atoms with Crippen molar-refractivity contribution < 1.29 is 0 Å². The molecular weight excluding hydrogens is 421 g/mol. The highest BCUT2D eigenvalue weighted by Gasteiger charge is 2.20. The number of anilines is 1. The van der Waals surface area contributed by atoms with Crippen LogP contribution >= 0.6 is 39.1 Å². The van der Waals surface area contributed by atoms with E-state index < -0.39 is 0 Å². The van der Waals surface area contributed by atoms with Crippen molar-refractivity contribution in [2.45, 2.75) is 6.92 Å². The minimum atomic E-state index is 0.167.